The van der Waals surface area contributed by atoms with Crippen LogP contribution < -0.4 is 26.2 Å². The van der Waals surface area contributed by atoms with Crippen molar-refractivity contribution in [3.63, 3.8) is 0 Å². The number of carbonyl (C=O) groups is 2. The number of rotatable bonds is 13. The van der Waals surface area contributed by atoms with Crippen LogP contribution in [0.1, 0.15) is 18.9 Å². The highest BCUT2D eigenvalue weighted by Gasteiger charge is 2.25. The molecule has 0 unspecified atom stereocenters. The molecule has 184 valence electrons. The Hall–Kier alpha value is -3.84. The van der Waals surface area contributed by atoms with Crippen molar-refractivity contribution in [2.45, 2.75) is 30.7 Å². The molecule has 13 heteroatoms. The molecule has 0 aliphatic carbocycles. The van der Waals surface area contributed by atoms with E-state index < -0.39 is 22.0 Å². The number of benzene rings is 2. The number of ether oxygens (including phenoxy) is 1. The lowest BCUT2D eigenvalue weighted by molar-refractivity contribution is -0.138. The van der Waals surface area contributed by atoms with Crippen LogP contribution in [0, 0.1) is 0 Å². The third kappa shape index (κ3) is 8.96. The van der Waals surface area contributed by atoms with Gasteiger partial charge in [-0.3, -0.25) is 9.59 Å². The minimum absolute atomic E-state index is 0.0782. The first-order chi connectivity index (χ1) is 16.1. The molecule has 1 amide bonds. The summed E-state index contributed by atoms with van der Waals surface area (Å²) in [5, 5.41) is 15.4. The van der Waals surface area contributed by atoms with E-state index in [1.807, 2.05) is 0 Å². The van der Waals surface area contributed by atoms with Crippen molar-refractivity contribution in [2.24, 2.45) is 16.6 Å². The third-order valence-electron chi connectivity index (χ3n) is 4.26. The maximum atomic E-state index is 12.6. The van der Waals surface area contributed by atoms with Crippen LogP contribution in [0.5, 0.6) is 5.75 Å². The van der Waals surface area contributed by atoms with E-state index in [0.29, 0.717) is 30.0 Å². The van der Waals surface area contributed by atoms with E-state index in [1.165, 1.54) is 31.2 Å². The van der Waals surface area contributed by atoms with Gasteiger partial charge in [0.2, 0.25) is 21.9 Å². The van der Waals surface area contributed by atoms with Crippen LogP contribution in [0.25, 0.3) is 0 Å². The minimum Gasteiger partial charge on any atom is -0.493 e. The fraction of sp³-hybridized carbons (Fsp3) is 0.286. The van der Waals surface area contributed by atoms with E-state index in [-0.39, 0.29) is 29.8 Å². The second kappa shape index (κ2) is 12.4. The molecular weight excluding hydrogens is 466 g/mol. The molecular formula is C21H27N5O7S. The highest BCUT2D eigenvalue weighted by molar-refractivity contribution is 7.89. The number of oxime groups is 1. The number of sulfonamides is 1. The monoisotopic (exact) mass is 493 g/mol. The third-order valence-corrected chi connectivity index (χ3v) is 5.75. The minimum atomic E-state index is -4.11. The number of anilines is 1. The number of nitrogens with two attached hydrogens (primary N) is 2. The van der Waals surface area contributed by atoms with Crippen molar-refractivity contribution >= 4 is 33.5 Å². The molecule has 34 heavy (non-hydrogen) atoms. The molecule has 2 rings (SSSR count). The Kier molecular flexibility index (Phi) is 9.64. The summed E-state index contributed by atoms with van der Waals surface area (Å²) in [4.78, 5) is 27.5. The molecule has 2 aromatic carbocycles. The van der Waals surface area contributed by atoms with Gasteiger partial charge >= 0.3 is 5.97 Å². The topological polar surface area (TPSA) is 195 Å². The van der Waals surface area contributed by atoms with Crippen molar-refractivity contribution in [3.8, 4) is 5.75 Å². The molecule has 0 bridgehead atoms. The van der Waals surface area contributed by atoms with Crippen LogP contribution in [-0.4, -0.2) is 50.6 Å². The first-order valence-corrected chi connectivity index (χ1v) is 11.6. The van der Waals surface area contributed by atoms with E-state index in [2.05, 4.69) is 15.2 Å². The Morgan fingerprint density at radius 2 is 1.71 bits per heavy atom. The maximum absolute atomic E-state index is 12.6. The Morgan fingerprint density at radius 3 is 2.26 bits per heavy atom. The molecule has 0 saturated heterocycles. The molecule has 0 aliphatic heterocycles. The van der Waals surface area contributed by atoms with E-state index in [0.717, 1.165) is 0 Å². The Morgan fingerprint density at radius 1 is 1.06 bits per heavy atom. The van der Waals surface area contributed by atoms with Gasteiger partial charge in [0.1, 0.15) is 18.4 Å². The van der Waals surface area contributed by atoms with Crippen LogP contribution in [0.3, 0.4) is 0 Å². The maximum Gasteiger partial charge on any atom is 0.322 e. The lowest BCUT2D eigenvalue weighted by atomic mass is 10.1. The number of carboxylic acid groups (broad SMARTS) is 1. The Balaban J connectivity index is 1.94. The highest BCUT2D eigenvalue weighted by atomic mass is 32.2. The number of nitrogens with one attached hydrogen (secondary N) is 2. The average Bonchev–Trinajstić information content (AvgIpc) is 2.76. The number of aliphatic carboxylic acids is 1. The van der Waals surface area contributed by atoms with Gasteiger partial charge in [0.05, 0.1) is 11.5 Å². The summed E-state index contributed by atoms with van der Waals surface area (Å²) in [7, 11) is -4.11. The van der Waals surface area contributed by atoms with Gasteiger partial charge in [-0.05, 0) is 53.5 Å². The van der Waals surface area contributed by atoms with Crippen LogP contribution in [-0.2, 0) is 30.9 Å². The summed E-state index contributed by atoms with van der Waals surface area (Å²) in [6.45, 7) is 1.94. The summed E-state index contributed by atoms with van der Waals surface area (Å²) < 4.78 is 33.0. The standard InChI is InChI=1S/C21H27N5O7S/c1-14(27)24-16-5-9-18(10-6-16)34(30,31)26-19(20(28)29)13-15-3-7-17(8-4-15)32-11-2-12-33-25-21(22)23/h3-10,19,26H,2,11-13H2,1H3,(H,24,27)(H,28,29)(H4,22,23,25)/t19-/m0/s1. The largest absolute Gasteiger partial charge is 0.493 e. The first-order valence-electron chi connectivity index (χ1n) is 10.1. The smallest absolute Gasteiger partial charge is 0.322 e. The molecule has 0 spiro atoms. The lowest BCUT2D eigenvalue weighted by Crippen LogP contribution is -2.42. The number of carbonyl (C=O) groups excluding carboxylic acids is 1. The normalized spacial score (nSPS) is 11.8. The molecule has 2 aromatic rings. The highest BCUT2D eigenvalue weighted by Crippen LogP contribution is 2.17. The summed E-state index contributed by atoms with van der Waals surface area (Å²) in [5.41, 5.74) is 11.3. The molecule has 0 aliphatic rings. The summed E-state index contributed by atoms with van der Waals surface area (Å²) in [5.74, 6) is -1.23. The van der Waals surface area contributed by atoms with E-state index >= 15 is 0 Å². The van der Waals surface area contributed by atoms with Gasteiger partial charge in [-0.1, -0.05) is 12.1 Å². The molecule has 0 aromatic heterocycles. The fourth-order valence-corrected chi connectivity index (χ4v) is 3.94. The van der Waals surface area contributed by atoms with Gasteiger partial charge < -0.3 is 31.5 Å². The van der Waals surface area contributed by atoms with Gasteiger partial charge in [-0.15, -0.1) is 0 Å². The zero-order chi connectivity index (χ0) is 25.1. The van der Waals surface area contributed by atoms with Crippen molar-refractivity contribution in [1.29, 1.82) is 0 Å². The van der Waals surface area contributed by atoms with Crippen LogP contribution in [0.4, 0.5) is 5.69 Å². The first kappa shape index (κ1) is 26.4. The van der Waals surface area contributed by atoms with Gasteiger partial charge in [-0.25, -0.2) is 8.42 Å². The van der Waals surface area contributed by atoms with Crippen molar-refractivity contribution in [3.05, 3.63) is 54.1 Å². The molecule has 12 nitrogen and oxygen atoms in total. The van der Waals surface area contributed by atoms with Crippen molar-refractivity contribution in [1.82, 2.24) is 4.72 Å². The van der Waals surface area contributed by atoms with Gasteiger partial charge in [0.25, 0.3) is 0 Å². The van der Waals surface area contributed by atoms with E-state index in [9.17, 15) is 23.1 Å². The van der Waals surface area contributed by atoms with E-state index in [1.54, 1.807) is 24.3 Å². The number of amides is 1. The number of hydrogen-bond donors (Lipinski definition) is 5. The molecule has 0 saturated carbocycles. The molecule has 7 N–H and O–H groups in total. The average molecular weight is 494 g/mol. The molecule has 0 heterocycles. The quantitative estimate of drug-likeness (QED) is 0.115. The zero-order valence-corrected chi connectivity index (χ0v) is 19.2. The predicted molar refractivity (Wildman–Crippen MR) is 125 cm³/mol. The second-order valence-corrected chi connectivity index (χ2v) is 8.83. The number of guanidine groups is 1. The summed E-state index contributed by atoms with van der Waals surface area (Å²) in [6, 6.07) is 10.6. The Bertz CT molecular complexity index is 1100. The van der Waals surface area contributed by atoms with Crippen LogP contribution >= 0.6 is 0 Å². The number of carboxylic acids is 1. The zero-order valence-electron chi connectivity index (χ0n) is 18.4. The van der Waals surface area contributed by atoms with Gasteiger partial charge in [-0.2, -0.15) is 4.72 Å². The van der Waals surface area contributed by atoms with Crippen molar-refractivity contribution < 1.29 is 32.7 Å². The summed E-state index contributed by atoms with van der Waals surface area (Å²) >= 11 is 0. The van der Waals surface area contributed by atoms with E-state index in [4.69, 9.17) is 21.0 Å². The molecule has 0 fully saturated rings. The molecule has 0 radical (unpaired) electrons. The van der Waals surface area contributed by atoms with Gasteiger partial charge in [0.15, 0.2) is 0 Å². The Labute approximate surface area is 197 Å². The number of hydrogen-bond acceptors (Lipinski definition) is 7. The predicted octanol–water partition coefficient (Wildman–Crippen LogP) is 0.593. The number of nitrogens with zero attached hydrogens (tertiary/aromatic N) is 1. The SMILES string of the molecule is CC(=O)Nc1ccc(S(=O)(=O)N[C@@H](Cc2ccc(OCCCON=C(N)N)cc2)C(=O)O)cc1. The van der Waals surface area contributed by atoms with Gasteiger partial charge in [0, 0.05) is 19.0 Å². The van der Waals surface area contributed by atoms with Crippen LogP contribution in [0.15, 0.2) is 58.6 Å². The van der Waals surface area contributed by atoms with Crippen molar-refractivity contribution in [2.75, 3.05) is 18.5 Å². The second-order valence-electron chi connectivity index (χ2n) is 7.12. The molecule has 1 atom stereocenters. The fourth-order valence-electron chi connectivity index (χ4n) is 2.75. The summed E-state index contributed by atoms with van der Waals surface area (Å²) in [6.07, 6.45) is 0.457. The lowest BCUT2D eigenvalue weighted by Gasteiger charge is -2.15. The van der Waals surface area contributed by atoms with Crippen LogP contribution in [0.2, 0.25) is 0 Å².